The average Bonchev–Trinajstić information content (AvgIpc) is 3.11. The van der Waals surface area contributed by atoms with Crippen molar-refractivity contribution in [3.63, 3.8) is 0 Å². The summed E-state index contributed by atoms with van der Waals surface area (Å²) in [5.74, 6) is 0.700. The fourth-order valence-corrected chi connectivity index (χ4v) is 4.78. The molecule has 2 aromatic rings. The first-order chi connectivity index (χ1) is 12.8. The van der Waals surface area contributed by atoms with Gasteiger partial charge in [-0.05, 0) is 82.1 Å². The minimum atomic E-state index is -0.185. The first-order valence-corrected chi connectivity index (χ1v) is 10.5. The Hall–Kier alpha value is -1.07. The monoisotopic (exact) mass is 391 g/mol. The summed E-state index contributed by atoms with van der Waals surface area (Å²) in [5, 5.41) is 11.4. The van der Waals surface area contributed by atoms with Gasteiger partial charge in [0.15, 0.2) is 0 Å². The van der Waals surface area contributed by atoms with E-state index in [4.69, 9.17) is 0 Å². The number of fused-ring (bicyclic) bond motifs is 1. The second-order valence-corrected chi connectivity index (χ2v) is 8.12. The molecule has 2 aliphatic heterocycles. The molecule has 0 bridgehead atoms. The summed E-state index contributed by atoms with van der Waals surface area (Å²) in [6, 6.07) is 8.68. The molecule has 27 heavy (non-hydrogen) atoms. The third-order valence-corrected chi connectivity index (χ3v) is 6.40. The zero-order chi connectivity index (χ0) is 17.8. The lowest BCUT2D eigenvalue weighted by atomic mass is 9.89. The predicted molar refractivity (Wildman–Crippen MR) is 115 cm³/mol. The van der Waals surface area contributed by atoms with Gasteiger partial charge >= 0.3 is 0 Å². The lowest BCUT2D eigenvalue weighted by Crippen LogP contribution is -2.40. The molecular weight excluding hydrogens is 358 g/mol. The Balaban J connectivity index is 0.00000210. The number of halogens is 1. The van der Waals surface area contributed by atoms with Crippen LogP contribution in [0.3, 0.4) is 0 Å². The molecule has 150 valence electrons. The number of hydrogen-bond acceptors (Lipinski definition) is 3. The van der Waals surface area contributed by atoms with Gasteiger partial charge in [-0.15, -0.1) is 12.4 Å². The highest BCUT2D eigenvalue weighted by atomic mass is 35.5. The van der Waals surface area contributed by atoms with Gasteiger partial charge in [0.1, 0.15) is 6.23 Å². The lowest BCUT2D eigenvalue weighted by molar-refractivity contribution is -0.0245. The van der Waals surface area contributed by atoms with E-state index >= 15 is 0 Å². The Labute approximate surface area is 169 Å². The van der Waals surface area contributed by atoms with Crippen LogP contribution in [0.15, 0.2) is 30.5 Å². The Kier molecular flexibility index (Phi) is 7.59. The molecule has 2 aliphatic rings. The Morgan fingerprint density at radius 2 is 1.74 bits per heavy atom. The topological polar surface area (TPSA) is 42.5 Å². The van der Waals surface area contributed by atoms with E-state index in [0.29, 0.717) is 5.92 Å². The van der Waals surface area contributed by atoms with E-state index in [-0.39, 0.29) is 18.6 Å². The second kappa shape index (κ2) is 9.92. The normalized spacial score (nSPS) is 22.8. The number of unbranched alkanes of at least 4 members (excludes halogenated alkanes) is 1. The SMILES string of the molecule is Cl.OC1CCCCN1CCCCN1CCC(c2c[nH]c3ccccc23)CC1. The number of rotatable bonds is 6. The molecule has 5 heteroatoms. The van der Waals surface area contributed by atoms with Crippen molar-refractivity contribution in [3.05, 3.63) is 36.0 Å². The molecule has 0 radical (unpaired) electrons. The number of nitrogens with one attached hydrogen (secondary N) is 1. The van der Waals surface area contributed by atoms with Crippen LogP contribution in [0.2, 0.25) is 0 Å². The first-order valence-electron chi connectivity index (χ1n) is 10.5. The van der Waals surface area contributed by atoms with Gasteiger partial charge in [0.2, 0.25) is 0 Å². The van der Waals surface area contributed by atoms with E-state index in [1.165, 1.54) is 74.6 Å². The van der Waals surface area contributed by atoms with Crippen molar-refractivity contribution in [2.24, 2.45) is 0 Å². The number of aromatic nitrogens is 1. The number of para-hydroxylation sites is 1. The maximum absolute atomic E-state index is 10.0. The number of likely N-dealkylation sites (tertiary alicyclic amines) is 2. The molecule has 0 aliphatic carbocycles. The van der Waals surface area contributed by atoms with Crippen LogP contribution in [0.5, 0.6) is 0 Å². The van der Waals surface area contributed by atoms with Gasteiger partial charge in [-0.3, -0.25) is 4.90 Å². The average molecular weight is 392 g/mol. The summed E-state index contributed by atoms with van der Waals surface area (Å²) in [4.78, 5) is 8.34. The van der Waals surface area contributed by atoms with E-state index in [1.807, 2.05) is 0 Å². The van der Waals surface area contributed by atoms with Gasteiger partial charge in [0.25, 0.3) is 0 Å². The number of aliphatic hydroxyl groups excluding tert-OH is 1. The molecule has 2 fully saturated rings. The molecule has 1 atom stereocenters. The van der Waals surface area contributed by atoms with Crippen molar-refractivity contribution < 1.29 is 5.11 Å². The number of aliphatic hydroxyl groups is 1. The predicted octanol–water partition coefficient (Wildman–Crippen LogP) is 4.35. The molecule has 1 aromatic heterocycles. The minimum Gasteiger partial charge on any atom is -0.378 e. The maximum Gasteiger partial charge on any atom is 0.107 e. The van der Waals surface area contributed by atoms with Crippen molar-refractivity contribution in [3.8, 4) is 0 Å². The van der Waals surface area contributed by atoms with Gasteiger partial charge in [-0.25, -0.2) is 0 Å². The van der Waals surface area contributed by atoms with Gasteiger partial charge in [-0.2, -0.15) is 0 Å². The van der Waals surface area contributed by atoms with E-state index in [9.17, 15) is 5.11 Å². The number of benzene rings is 1. The third-order valence-electron chi connectivity index (χ3n) is 6.40. The summed E-state index contributed by atoms with van der Waals surface area (Å²) < 4.78 is 0. The number of H-pyrrole nitrogens is 1. The second-order valence-electron chi connectivity index (χ2n) is 8.12. The smallest absolute Gasteiger partial charge is 0.107 e. The molecule has 0 saturated carbocycles. The van der Waals surface area contributed by atoms with Gasteiger partial charge in [0.05, 0.1) is 0 Å². The molecule has 0 spiro atoms. The number of nitrogens with zero attached hydrogens (tertiary/aromatic N) is 2. The standard InChI is InChI=1S/C22H33N3O.ClH/c26-22-9-3-4-13-25(22)14-6-5-12-24-15-10-18(11-16-24)20-17-23-21-8-2-1-7-19(20)21;/h1-2,7-8,17-18,22-23,26H,3-6,9-16H2;1H. The third kappa shape index (κ3) is 5.05. The van der Waals surface area contributed by atoms with Crippen LogP contribution >= 0.6 is 12.4 Å². The molecule has 2 saturated heterocycles. The molecule has 1 aromatic carbocycles. The fraction of sp³-hybridized carbons (Fsp3) is 0.636. The summed E-state index contributed by atoms with van der Waals surface area (Å²) in [7, 11) is 0. The van der Waals surface area contributed by atoms with Crippen LogP contribution in [0.4, 0.5) is 0 Å². The summed E-state index contributed by atoms with van der Waals surface area (Å²) in [5.41, 5.74) is 2.78. The van der Waals surface area contributed by atoms with E-state index in [2.05, 4.69) is 45.2 Å². The molecule has 1 unspecified atom stereocenters. The number of piperidine rings is 2. The zero-order valence-corrected chi connectivity index (χ0v) is 17.1. The molecule has 3 heterocycles. The highest BCUT2D eigenvalue weighted by Crippen LogP contribution is 2.33. The Morgan fingerprint density at radius 1 is 0.963 bits per heavy atom. The molecule has 4 rings (SSSR count). The van der Waals surface area contributed by atoms with Gasteiger partial charge < -0.3 is 15.0 Å². The molecule has 4 nitrogen and oxygen atoms in total. The lowest BCUT2D eigenvalue weighted by Gasteiger charge is -2.33. The quantitative estimate of drug-likeness (QED) is 0.719. The Bertz CT molecular complexity index is 696. The largest absolute Gasteiger partial charge is 0.378 e. The van der Waals surface area contributed by atoms with Crippen molar-refractivity contribution in [1.82, 2.24) is 14.8 Å². The fourth-order valence-electron chi connectivity index (χ4n) is 4.78. The van der Waals surface area contributed by atoms with E-state index < -0.39 is 0 Å². The van der Waals surface area contributed by atoms with Crippen LogP contribution < -0.4 is 0 Å². The Morgan fingerprint density at radius 3 is 2.56 bits per heavy atom. The number of hydrogen-bond donors (Lipinski definition) is 2. The molecule has 0 amide bonds. The van der Waals surface area contributed by atoms with E-state index in [1.54, 1.807) is 0 Å². The zero-order valence-electron chi connectivity index (χ0n) is 16.3. The highest BCUT2D eigenvalue weighted by molar-refractivity contribution is 5.85. The summed E-state index contributed by atoms with van der Waals surface area (Å²) in [6.07, 6.45) is 10.4. The van der Waals surface area contributed by atoms with E-state index in [0.717, 1.165) is 19.5 Å². The minimum absolute atomic E-state index is 0. The number of aromatic amines is 1. The highest BCUT2D eigenvalue weighted by Gasteiger charge is 2.23. The van der Waals surface area contributed by atoms with Crippen molar-refractivity contribution in [2.45, 2.75) is 57.1 Å². The maximum atomic E-state index is 10.0. The molecular formula is C22H34ClN3O. The first kappa shape index (κ1) is 20.7. The van der Waals surface area contributed by atoms with Crippen LogP contribution in [0, 0.1) is 0 Å². The summed E-state index contributed by atoms with van der Waals surface area (Å²) >= 11 is 0. The van der Waals surface area contributed by atoms with Crippen LogP contribution in [-0.2, 0) is 0 Å². The van der Waals surface area contributed by atoms with Crippen LogP contribution in [-0.4, -0.2) is 58.8 Å². The van der Waals surface area contributed by atoms with Crippen molar-refractivity contribution >= 4 is 23.3 Å². The van der Waals surface area contributed by atoms with Gasteiger partial charge in [0, 0.05) is 30.2 Å². The van der Waals surface area contributed by atoms with Crippen molar-refractivity contribution in [2.75, 3.05) is 32.7 Å². The van der Waals surface area contributed by atoms with Crippen LogP contribution in [0.1, 0.15) is 56.4 Å². The summed E-state index contributed by atoms with van der Waals surface area (Å²) in [6.45, 7) is 5.79. The van der Waals surface area contributed by atoms with Crippen LogP contribution in [0.25, 0.3) is 10.9 Å². The molecule has 2 N–H and O–H groups in total. The van der Waals surface area contributed by atoms with Gasteiger partial charge in [-0.1, -0.05) is 18.2 Å². The van der Waals surface area contributed by atoms with Crippen molar-refractivity contribution in [1.29, 1.82) is 0 Å².